The molecule has 5 heterocycles. The molecule has 15 heteroatoms. The summed E-state index contributed by atoms with van der Waals surface area (Å²) in [6.45, 7) is -0.0219. The zero-order valence-electron chi connectivity index (χ0n) is 14.7. The number of ether oxygens (including phenoxy) is 1. The standard InChI is InChI=1S/C13H17BN8O5P/c1-20-7-10-16-2-3-21(10)5-17-11(7)22(13(20)18-19-15)12-8(23)9-6(26-12)4-25-28(14,24)27-9/h2-3,5-6,8-10,12-13,16,23-24H,4H2,1H3/q+1/t6?,8?,9-,10?,12?,13?,28?/m1/s1. The second-order valence-corrected chi connectivity index (χ2v) is 8.44. The van der Waals surface area contributed by atoms with Gasteiger partial charge in [-0.05, 0) is 10.6 Å². The summed E-state index contributed by atoms with van der Waals surface area (Å²) >= 11 is 0. The van der Waals surface area contributed by atoms with Crippen molar-refractivity contribution in [2.24, 2.45) is 10.1 Å². The smallest absolute Gasteiger partial charge is 0.385 e. The van der Waals surface area contributed by atoms with Gasteiger partial charge in [-0.2, -0.15) is 9.05 Å². The largest absolute Gasteiger partial charge is 0.488 e. The molecule has 5 aliphatic rings. The van der Waals surface area contributed by atoms with E-state index in [4.69, 9.17) is 26.9 Å². The van der Waals surface area contributed by atoms with Crippen molar-refractivity contribution >= 4 is 21.7 Å². The number of aliphatic hydroxyl groups excluding tert-OH is 1. The van der Waals surface area contributed by atoms with Gasteiger partial charge < -0.3 is 29.9 Å². The molecule has 28 heavy (non-hydrogen) atoms. The topological polar surface area (TPSA) is 151 Å². The number of fused-ring (bicyclic) bond motifs is 3. The van der Waals surface area contributed by atoms with Crippen LogP contribution < -0.4 is 5.32 Å². The molecule has 0 saturated carbocycles. The van der Waals surface area contributed by atoms with Gasteiger partial charge in [-0.1, -0.05) is 0 Å². The number of aliphatic hydroxyl groups is 1. The van der Waals surface area contributed by atoms with E-state index in [1.54, 1.807) is 29.4 Å². The molecule has 5 aliphatic heterocycles. The number of hydrogen-bond acceptors (Lipinski definition) is 11. The van der Waals surface area contributed by atoms with E-state index in [0.717, 1.165) is 5.70 Å². The number of hydrogen-bond donors (Lipinski definition) is 3. The fourth-order valence-electron chi connectivity index (χ4n) is 4.03. The maximum atomic E-state index is 10.9. The molecule has 5 rings (SSSR count). The highest BCUT2D eigenvalue weighted by Gasteiger charge is 2.60. The SMILES string of the molecule is [B][P+]1(O)OCC2OC(N3C4=C(C5NC=CN5C=N4)N(C)C3N=[N+]=[N-])C(O)[C@@H]2O1. The van der Waals surface area contributed by atoms with Gasteiger partial charge in [-0.3, -0.25) is 0 Å². The first-order valence-corrected chi connectivity index (χ1v) is 10.2. The molecule has 0 aromatic heterocycles. The Kier molecular flexibility index (Phi) is 4.01. The third kappa shape index (κ3) is 2.51. The number of rotatable bonds is 2. The Bertz CT molecular complexity index is 834. The molecule has 7 atom stereocenters. The second-order valence-electron chi connectivity index (χ2n) is 6.84. The Labute approximate surface area is 161 Å². The molecule has 0 aromatic carbocycles. The summed E-state index contributed by atoms with van der Waals surface area (Å²) in [6, 6.07) is 0. The molecular formula is C13H17BN8O5P+. The molecule has 0 amide bonds. The van der Waals surface area contributed by atoms with Gasteiger partial charge in [0.2, 0.25) is 0 Å². The first-order valence-electron chi connectivity index (χ1n) is 8.52. The van der Waals surface area contributed by atoms with Crippen molar-refractivity contribution < 1.29 is 23.8 Å². The summed E-state index contributed by atoms with van der Waals surface area (Å²) in [5, 5.41) is 17.9. The molecule has 0 aliphatic carbocycles. The first kappa shape index (κ1) is 18.0. The monoisotopic (exact) mass is 407 g/mol. The predicted octanol–water partition coefficient (Wildman–Crippen LogP) is -0.919. The van der Waals surface area contributed by atoms with Gasteiger partial charge in [0, 0.05) is 24.4 Å². The van der Waals surface area contributed by atoms with Crippen molar-refractivity contribution in [2.45, 2.75) is 37.0 Å². The highest BCUT2D eigenvalue weighted by atomic mass is 31.2. The number of likely N-dealkylation sites (N-methyl/N-ethyl adjacent to an activating group) is 1. The first-order chi connectivity index (χ1) is 13.4. The van der Waals surface area contributed by atoms with Gasteiger partial charge in [0.25, 0.3) is 0 Å². The average Bonchev–Trinajstić information content (AvgIpc) is 3.31. The van der Waals surface area contributed by atoms with E-state index in [9.17, 15) is 10.00 Å². The summed E-state index contributed by atoms with van der Waals surface area (Å²) in [5.74, 6) is 0.499. The van der Waals surface area contributed by atoms with Crippen LogP contribution in [0.25, 0.3) is 10.4 Å². The van der Waals surface area contributed by atoms with E-state index < -0.39 is 38.7 Å². The molecular weight excluding hydrogens is 390 g/mol. The Morgan fingerprint density at radius 1 is 1.54 bits per heavy atom. The number of aliphatic imine (C=N–C) groups is 1. The summed E-state index contributed by atoms with van der Waals surface area (Å²) in [7, 11) is 3.84. The zero-order chi connectivity index (χ0) is 19.6. The summed E-state index contributed by atoms with van der Waals surface area (Å²) in [6.07, 6.45) is 0.587. The van der Waals surface area contributed by atoms with Gasteiger partial charge in [0.05, 0.1) is 6.34 Å². The molecule has 2 saturated heterocycles. The van der Waals surface area contributed by atoms with E-state index >= 15 is 0 Å². The van der Waals surface area contributed by atoms with Crippen LogP contribution in [0.1, 0.15) is 0 Å². The molecule has 0 aromatic rings. The molecule has 6 unspecified atom stereocenters. The zero-order valence-corrected chi connectivity index (χ0v) is 15.6. The Morgan fingerprint density at radius 2 is 2.36 bits per heavy atom. The van der Waals surface area contributed by atoms with Crippen LogP contribution >= 0.6 is 7.82 Å². The normalized spacial score (nSPS) is 43.6. The fraction of sp³-hybridized carbons (Fsp3) is 0.615. The highest BCUT2D eigenvalue weighted by Crippen LogP contribution is 2.58. The minimum absolute atomic E-state index is 0.0219. The molecule has 0 bridgehead atoms. The molecule has 2 radical (unpaired) electrons. The third-order valence-electron chi connectivity index (χ3n) is 5.26. The van der Waals surface area contributed by atoms with E-state index in [2.05, 4.69) is 20.3 Å². The van der Waals surface area contributed by atoms with Gasteiger partial charge in [-0.15, -0.1) is 0 Å². The predicted molar refractivity (Wildman–Crippen MR) is 96.3 cm³/mol. The van der Waals surface area contributed by atoms with E-state index in [-0.39, 0.29) is 12.8 Å². The van der Waals surface area contributed by atoms with Gasteiger partial charge in [0.15, 0.2) is 24.4 Å². The second kappa shape index (κ2) is 6.23. The van der Waals surface area contributed by atoms with E-state index in [0.29, 0.717) is 5.82 Å². The Balaban J connectivity index is 1.51. The summed E-state index contributed by atoms with van der Waals surface area (Å²) in [5.41, 5.74) is 9.84. The number of azide groups is 1. The minimum atomic E-state index is -3.50. The lowest BCUT2D eigenvalue weighted by atomic mass is 10.1. The van der Waals surface area contributed by atoms with Crippen molar-refractivity contribution in [2.75, 3.05) is 13.7 Å². The maximum Gasteiger partial charge on any atom is 0.488 e. The molecule has 2 fully saturated rings. The van der Waals surface area contributed by atoms with Crippen LogP contribution in [0.3, 0.4) is 0 Å². The lowest BCUT2D eigenvalue weighted by Gasteiger charge is -2.33. The van der Waals surface area contributed by atoms with E-state index in [1.807, 2.05) is 11.1 Å². The van der Waals surface area contributed by atoms with Crippen LogP contribution in [-0.4, -0.2) is 89.3 Å². The highest BCUT2D eigenvalue weighted by molar-refractivity contribution is 7.85. The van der Waals surface area contributed by atoms with Crippen molar-refractivity contribution in [3.8, 4) is 0 Å². The number of nitrogens with one attached hydrogen (secondary N) is 1. The lowest BCUT2D eigenvalue weighted by molar-refractivity contribution is -0.105. The summed E-state index contributed by atoms with van der Waals surface area (Å²) in [4.78, 5) is 22.6. The molecule has 13 nitrogen and oxygen atoms in total. The van der Waals surface area contributed by atoms with Crippen molar-refractivity contribution in [3.63, 3.8) is 0 Å². The Morgan fingerprint density at radius 3 is 3.14 bits per heavy atom. The maximum absolute atomic E-state index is 10.9. The van der Waals surface area contributed by atoms with Crippen LogP contribution in [0.5, 0.6) is 0 Å². The van der Waals surface area contributed by atoms with Crippen LogP contribution in [0.15, 0.2) is 34.0 Å². The minimum Gasteiger partial charge on any atom is -0.385 e. The lowest BCUT2D eigenvalue weighted by Crippen LogP contribution is -2.49. The van der Waals surface area contributed by atoms with Crippen molar-refractivity contribution in [1.29, 1.82) is 0 Å². The quantitative estimate of drug-likeness (QED) is 0.174. The van der Waals surface area contributed by atoms with Crippen LogP contribution in [-0.2, 0) is 13.8 Å². The van der Waals surface area contributed by atoms with Gasteiger partial charge in [-0.25, -0.2) is 9.89 Å². The van der Waals surface area contributed by atoms with Crippen LogP contribution in [0, 0.1) is 0 Å². The van der Waals surface area contributed by atoms with Gasteiger partial charge >= 0.3 is 15.4 Å². The van der Waals surface area contributed by atoms with Crippen LogP contribution in [0.2, 0.25) is 0 Å². The molecule has 0 spiro atoms. The Hall–Kier alpha value is -2.05. The van der Waals surface area contributed by atoms with Crippen molar-refractivity contribution in [1.82, 2.24) is 20.0 Å². The summed E-state index contributed by atoms with van der Waals surface area (Å²) < 4.78 is 16.4. The van der Waals surface area contributed by atoms with Gasteiger partial charge in [0.1, 0.15) is 30.7 Å². The fourth-order valence-corrected chi connectivity index (χ4v) is 5.06. The molecule has 146 valence electrons. The molecule has 3 N–H and O–H groups in total. The average molecular weight is 407 g/mol. The van der Waals surface area contributed by atoms with Crippen molar-refractivity contribution in [3.05, 3.63) is 34.4 Å². The third-order valence-corrected chi connectivity index (χ3v) is 6.32. The number of nitrogens with zero attached hydrogens (tertiary/aromatic N) is 7. The van der Waals surface area contributed by atoms with Crippen LogP contribution in [0.4, 0.5) is 0 Å². The van der Waals surface area contributed by atoms with E-state index in [1.165, 1.54) is 0 Å².